The first-order valence-electron chi connectivity index (χ1n) is 5.27. The van der Waals surface area contributed by atoms with Crippen molar-refractivity contribution < 1.29 is 0 Å². The normalized spacial score (nSPS) is 20.8. The Labute approximate surface area is 86.0 Å². The van der Waals surface area contributed by atoms with Crippen molar-refractivity contribution >= 4 is 0 Å². The summed E-state index contributed by atoms with van der Waals surface area (Å²) in [5.74, 6) is 0.641. The summed E-state index contributed by atoms with van der Waals surface area (Å²) in [5, 5.41) is 0. The standard InChI is InChI=1S/C14H16/c1-12-8-4-2-3-5-9-13-10-6-7-11-14(12)13/h2-7,10-12H,8-9H2,1H3. The second-order valence-corrected chi connectivity index (χ2v) is 3.90. The maximum atomic E-state index is 2.30. The number of fused-ring (bicyclic) bond motifs is 1. The first-order valence-corrected chi connectivity index (χ1v) is 5.27. The van der Waals surface area contributed by atoms with E-state index in [4.69, 9.17) is 0 Å². The Bertz CT molecular complexity index is 358. The van der Waals surface area contributed by atoms with Crippen molar-refractivity contribution in [1.82, 2.24) is 0 Å². The minimum Gasteiger partial charge on any atom is -0.0840 e. The van der Waals surface area contributed by atoms with E-state index in [9.17, 15) is 0 Å². The fourth-order valence-electron chi connectivity index (χ4n) is 1.96. The summed E-state index contributed by atoms with van der Waals surface area (Å²) < 4.78 is 0. The molecule has 1 aliphatic carbocycles. The molecule has 1 aromatic rings. The van der Waals surface area contributed by atoms with E-state index >= 15 is 0 Å². The van der Waals surface area contributed by atoms with Crippen molar-refractivity contribution in [2.75, 3.05) is 0 Å². The predicted octanol–water partition coefficient (Wildman–Crippen LogP) is 3.85. The van der Waals surface area contributed by atoms with Crippen LogP contribution in [0.3, 0.4) is 0 Å². The molecule has 72 valence electrons. The summed E-state index contributed by atoms with van der Waals surface area (Å²) in [4.78, 5) is 0. The zero-order chi connectivity index (χ0) is 9.80. The van der Waals surface area contributed by atoms with E-state index < -0.39 is 0 Å². The van der Waals surface area contributed by atoms with E-state index in [1.54, 1.807) is 0 Å². The van der Waals surface area contributed by atoms with Crippen molar-refractivity contribution in [3.8, 4) is 0 Å². The maximum absolute atomic E-state index is 2.30. The quantitative estimate of drug-likeness (QED) is 0.574. The van der Waals surface area contributed by atoms with E-state index in [1.165, 1.54) is 11.1 Å². The molecule has 0 bridgehead atoms. The summed E-state index contributed by atoms with van der Waals surface area (Å²) in [7, 11) is 0. The lowest BCUT2D eigenvalue weighted by molar-refractivity contribution is 0.771. The molecular formula is C14H16. The summed E-state index contributed by atoms with van der Waals surface area (Å²) in [6.45, 7) is 2.30. The average Bonchev–Trinajstić information content (AvgIpc) is 2.30. The van der Waals surface area contributed by atoms with E-state index in [1.807, 2.05) is 0 Å². The topological polar surface area (TPSA) is 0 Å². The second-order valence-electron chi connectivity index (χ2n) is 3.90. The molecule has 0 saturated heterocycles. The molecule has 0 nitrogen and oxygen atoms in total. The minimum atomic E-state index is 0.641. The van der Waals surface area contributed by atoms with Crippen LogP contribution in [0, 0.1) is 0 Å². The van der Waals surface area contributed by atoms with Crippen LogP contribution in [-0.2, 0) is 6.42 Å². The zero-order valence-electron chi connectivity index (χ0n) is 8.61. The fourth-order valence-corrected chi connectivity index (χ4v) is 1.96. The first kappa shape index (κ1) is 9.26. The molecule has 1 atom stereocenters. The van der Waals surface area contributed by atoms with Crippen LogP contribution in [0.25, 0.3) is 0 Å². The molecule has 0 aliphatic heterocycles. The fraction of sp³-hybridized carbons (Fsp3) is 0.286. The van der Waals surface area contributed by atoms with Crippen molar-refractivity contribution in [1.29, 1.82) is 0 Å². The Morgan fingerprint density at radius 1 is 1.07 bits per heavy atom. The highest BCUT2D eigenvalue weighted by Crippen LogP contribution is 2.24. The van der Waals surface area contributed by atoms with Gasteiger partial charge in [0.25, 0.3) is 0 Å². The lowest BCUT2D eigenvalue weighted by atomic mass is 9.92. The third-order valence-corrected chi connectivity index (χ3v) is 2.80. The van der Waals surface area contributed by atoms with Gasteiger partial charge in [-0.1, -0.05) is 55.5 Å². The number of hydrogen-bond donors (Lipinski definition) is 0. The van der Waals surface area contributed by atoms with Crippen molar-refractivity contribution in [3.05, 3.63) is 59.7 Å². The van der Waals surface area contributed by atoms with Gasteiger partial charge in [-0.25, -0.2) is 0 Å². The van der Waals surface area contributed by atoms with Gasteiger partial charge in [-0.3, -0.25) is 0 Å². The van der Waals surface area contributed by atoms with Crippen molar-refractivity contribution in [3.63, 3.8) is 0 Å². The molecule has 0 spiro atoms. The van der Waals surface area contributed by atoms with E-state index in [0.717, 1.165) is 12.8 Å². The van der Waals surface area contributed by atoms with Gasteiger partial charge in [0.1, 0.15) is 0 Å². The second kappa shape index (κ2) is 4.28. The van der Waals surface area contributed by atoms with Crippen molar-refractivity contribution in [2.24, 2.45) is 0 Å². The first-order chi connectivity index (χ1) is 6.88. The number of hydrogen-bond acceptors (Lipinski definition) is 0. The summed E-state index contributed by atoms with van der Waals surface area (Å²) in [6.07, 6.45) is 11.0. The third kappa shape index (κ3) is 1.95. The Morgan fingerprint density at radius 3 is 2.79 bits per heavy atom. The SMILES string of the molecule is CC1CC=CC=CCc2ccccc21. The van der Waals surface area contributed by atoms with E-state index in [2.05, 4.69) is 55.5 Å². The number of allylic oxidation sites excluding steroid dienone is 4. The molecule has 1 aliphatic rings. The van der Waals surface area contributed by atoms with Crippen LogP contribution in [0.2, 0.25) is 0 Å². The highest BCUT2D eigenvalue weighted by atomic mass is 14.1. The smallest absolute Gasteiger partial charge is 0.00915 e. The Balaban J connectivity index is 2.39. The predicted molar refractivity (Wildman–Crippen MR) is 61.5 cm³/mol. The average molecular weight is 184 g/mol. The largest absolute Gasteiger partial charge is 0.0840 e. The van der Waals surface area contributed by atoms with Crippen LogP contribution in [0.4, 0.5) is 0 Å². The van der Waals surface area contributed by atoms with Gasteiger partial charge < -0.3 is 0 Å². The van der Waals surface area contributed by atoms with Crippen LogP contribution in [0.15, 0.2) is 48.6 Å². The highest BCUT2D eigenvalue weighted by Gasteiger charge is 2.08. The van der Waals surface area contributed by atoms with Crippen LogP contribution in [0.5, 0.6) is 0 Å². The lowest BCUT2D eigenvalue weighted by Crippen LogP contribution is -1.97. The molecule has 2 rings (SSSR count). The van der Waals surface area contributed by atoms with Gasteiger partial charge in [0.15, 0.2) is 0 Å². The third-order valence-electron chi connectivity index (χ3n) is 2.80. The van der Waals surface area contributed by atoms with Gasteiger partial charge in [0.2, 0.25) is 0 Å². The van der Waals surface area contributed by atoms with Crippen LogP contribution < -0.4 is 0 Å². The zero-order valence-corrected chi connectivity index (χ0v) is 8.61. The summed E-state index contributed by atoms with van der Waals surface area (Å²) in [5.41, 5.74) is 2.98. The number of rotatable bonds is 0. The Kier molecular flexibility index (Phi) is 2.83. The summed E-state index contributed by atoms with van der Waals surface area (Å²) in [6, 6.07) is 8.76. The summed E-state index contributed by atoms with van der Waals surface area (Å²) >= 11 is 0. The molecule has 0 heterocycles. The molecule has 1 unspecified atom stereocenters. The molecule has 0 saturated carbocycles. The molecule has 0 radical (unpaired) electrons. The molecule has 0 aromatic heterocycles. The molecule has 14 heavy (non-hydrogen) atoms. The van der Waals surface area contributed by atoms with Gasteiger partial charge in [-0.05, 0) is 29.9 Å². The van der Waals surface area contributed by atoms with Gasteiger partial charge in [0.05, 0.1) is 0 Å². The van der Waals surface area contributed by atoms with Gasteiger partial charge in [-0.2, -0.15) is 0 Å². The molecule has 0 fully saturated rings. The highest BCUT2D eigenvalue weighted by molar-refractivity contribution is 5.33. The molecular weight excluding hydrogens is 168 g/mol. The molecule has 0 amide bonds. The monoisotopic (exact) mass is 184 g/mol. The van der Waals surface area contributed by atoms with Gasteiger partial charge in [-0.15, -0.1) is 0 Å². The minimum absolute atomic E-state index is 0.641. The lowest BCUT2D eigenvalue weighted by Gasteiger charge is -2.13. The van der Waals surface area contributed by atoms with Gasteiger partial charge >= 0.3 is 0 Å². The van der Waals surface area contributed by atoms with Crippen molar-refractivity contribution in [2.45, 2.75) is 25.7 Å². The van der Waals surface area contributed by atoms with E-state index in [0.29, 0.717) is 5.92 Å². The molecule has 0 N–H and O–H groups in total. The van der Waals surface area contributed by atoms with E-state index in [-0.39, 0.29) is 0 Å². The van der Waals surface area contributed by atoms with Crippen LogP contribution in [0.1, 0.15) is 30.4 Å². The maximum Gasteiger partial charge on any atom is -0.00915 e. The van der Waals surface area contributed by atoms with Crippen LogP contribution >= 0.6 is 0 Å². The van der Waals surface area contributed by atoms with Crippen LogP contribution in [-0.4, -0.2) is 0 Å². The number of benzene rings is 1. The molecule has 0 heteroatoms. The Morgan fingerprint density at radius 2 is 1.86 bits per heavy atom. The Hall–Kier alpha value is -1.30. The van der Waals surface area contributed by atoms with Gasteiger partial charge in [0, 0.05) is 0 Å². The molecule has 1 aromatic carbocycles.